The van der Waals surface area contributed by atoms with Crippen molar-refractivity contribution < 1.29 is 21.6 Å². The lowest BCUT2D eigenvalue weighted by Gasteiger charge is -2.36. The predicted molar refractivity (Wildman–Crippen MR) is 111 cm³/mol. The van der Waals surface area contributed by atoms with Crippen LogP contribution >= 0.6 is 0 Å². The minimum absolute atomic E-state index is 0.0548. The molecule has 0 unspecified atom stereocenters. The maximum Gasteiger partial charge on any atom is 0.282 e. The van der Waals surface area contributed by atoms with Crippen LogP contribution in [0.1, 0.15) is 29.8 Å². The second-order valence-electron chi connectivity index (χ2n) is 7.05. The number of piperazine rings is 1. The van der Waals surface area contributed by atoms with Gasteiger partial charge in [0, 0.05) is 58.9 Å². The van der Waals surface area contributed by atoms with Crippen molar-refractivity contribution in [3.63, 3.8) is 0 Å². The number of nitrogens with zero attached hydrogens (tertiary/aromatic N) is 4. The highest BCUT2D eigenvalue weighted by molar-refractivity contribution is 7.89. The molecule has 164 valence electrons. The lowest BCUT2D eigenvalue weighted by molar-refractivity contribution is 0.0693. The number of sulfonamides is 1. The van der Waals surface area contributed by atoms with Crippen LogP contribution in [0.3, 0.4) is 0 Å². The largest absolute Gasteiger partial charge is 0.336 e. The van der Waals surface area contributed by atoms with Crippen molar-refractivity contribution in [2.24, 2.45) is 0 Å². The van der Waals surface area contributed by atoms with Gasteiger partial charge in [0.05, 0.1) is 4.90 Å². The highest BCUT2D eigenvalue weighted by Gasteiger charge is 2.33. The fraction of sp³-hybridized carbons (Fsp3) is 0.611. The fourth-order valence-electron chi connectivity index (χ4n) is 3.21. The number of hydrogen-bond acceptors (Lipinski definition) is 5. The number of carbonyl (C=O) groups excluding carboxylic acids is 1. The molecule has 1 aromatic rings. The maximum absolute atomic E-state index is 13.0. The molecule has 0 saturated carbocycles. The molecule has 0 N–H and O–H groups in total. The number of hydrogen-bond donors (Lipinski definition) is 0. The summed E-state index contributed by atoms with van der Waals surface area (Å²) in [7, 11) is -4.32. The molecule has 0 atom stereocenters. The summed E-state index contributed by atoms with van der Waals surface area (Å²) in [4.78, 5) is 14.6. The van der Waals surface area contributed by atoms with Crippen LogP contribution in [0.2, 0.25) is 0 Å². The van der Waals surface area contributed by atoms with Crippen molar-refractivity contribution in [1.29, 1.82) is 0 Å². The third-order valence-corrected chi connectivity index (χ3v) is 9.10. The number of aryl methyl sites for hydroxylation is 1. The van der Waals surface area contributed by atoms with Gasteiger partial charge in [0.15, 0.2) is 0 Å². The molecule has 9 nitrogen and oxygen atoms in total. The molecule has 1 saturated heterocycles. The molecule has 0 radical (unpaired) electrons. The van der Waals surface area contributed by atoms with E-state index in [1.54, 1.807) is 31.7 Å². The average Bonchev–Trinajstić information content (AvgIpc) is 2.68. The Morgan fingerprint density at radius 2 is 1.55 bits per heavy atom. The van der Waals surface area contributed by atoms with Crippen LogP contribution in [0.4, 0.5) is 0 Å². The van der Waals surface area contributed by atoms with Crippen LogP contribution in [0.5, 0.6) is 0 Å². The Morgan fingerprint density at radius 3 is 2.03 bits per heavy atom. The Hall–Kier alpha value is -1.53. The van der Waals surface area contributed by atoms with Crippen molar-refractivity contribution in [3.05, 3.63) is 29.3 Å². The molecule has 0 spiro atoms. The Morgan fingerprint density at radius 1 is 1.00 bits per heavy atom. The molecule has 0 aromatic heterocycles. The molecule has 1 aliphatic rings. The van der Waals surface area contributed by atoms with E-state index >= 15 is 0 Å². The van der Waals surface area contributed by atoms with Crippen molar-refractivity contribution >= 4 is 26.1 Å². The van der Waals surface area contributed by atoms with Gasteiger partial charge in [0.2, 0.25) is 10.0 Å². The molecule has 11 heteroatoms. The van der Waals surface area contributed by atoms with E-state index in [1.165, 1.54) is 34.8 Å². The molecule has 1 fully saturated rings. The Balaban J connectivity index is 2.20. The topological polar surface area (TPSA) is 98.3 Å². The normalized spacial score (nSPS) is 16.6. The minimum Gasteiger partial charge on any atom is -0.336 e. The lowest BCUT2D eigenvalue weighted by atomic mass is 10.1. The molecule has 2 rings (SSSR count). The first-order chi connectivity index (χ1) is 13.5. The van der Waals surface area contributed by atoms with Crippen LogP contribution in [-0.4, -0.2) is 93.9 Å². The summed E-state index contributed by atoms with van der Waals surface area (Å²) >= 11 is 0. The van der Waals surface area contributed by atoms with Crippen LogP contribution in [0, 0.1) is 6.92 Å². The third-order valence-electron chi connectivity index (χ3n) is 5.10. The molecule has 29 heavy (non-hydrogen) atoms. The summed E-state index contributed by atoms with van der Waals surface area (Å²) < 4.78 is 54.0. The monoisotopic (exact) mass is 446 g/mol. The van der Waals surface area contributed by atoms with E-state index in [1.807, 2.05) is 0 Å². The zero-order valence-electron chi connectivity index (χ0n) is 17.6. The molecule has 1 aromatic carbocycles. The zero-order chi connectivity index (χ0) is 22.0. The number of carbonyl (C=O) groups is 1. The number of amides is 1. The van der Waals surface area contributed by atoms with Gasteiger partial charge >= 0.3 is 0 Å². The standard InChI is InChI=1S/C18H30N4O5S2/c1-6-21(7-2)29(26,27)22-12-10-20(11-13-22)18(23)17-14-16(9-8-15(17)3)28(24,25)19(4)5/h8-9,14H,6-7,10-13H2,1-5H3. The quantitative estimate of drug-likeness (QED) is 0.611. The molecule has 1 amide bonds. The van der Waals surface area contributed by atoms with Crippen molar-refractivity contribution in [2.45, 2.75) is 25.7 Å². The predicted octanol–water partition coefficient (Wildman–Crippen LogP) is 0.590. The van der Waals surface area contributed by atoms with E-state index in [9.17, 15) is 21.6 Å². The average molecular weight is 447 g/mol. The lowest BCUT2D eigenvalue weighted by Crippen LogP contribution is -2.54. The smallest absolute Gasteiger partial charge is 0.282 e. The van der Waals surface area contributed by atoms with E-state index < -0.39 is 20.2 Å². The summed E-state index contributed by atoms with van der Waals surface area (Å²) in [5, 5.41) is 0. The molecular weight excluding hydrogens is 416 g/mol. The Bertz CT molecular complexity index is 948. The van der Waals surface area contributed by atoms with Gasteiger partial charge in [-0.3, -0.25) is 4.79 Å². The highest BCUT2D eigenvalue weighted by atomic mass is 32.2. The van der Waals surface area contributed by atoms with Gasteiger partial charge in [0.25, 0.3) is 16.1 Å². The zero-order valence-corrected chi connectivity index (χ0v) is 19.3. The third kappa shape index (κ3) is 4.80. The summed E-state index contributed by atoms with van der Waals surface area (Å²) in [5.74, 6) is -0.293. The Kier molecular flexibility index (Phi) is 7.44. The van der Waals surface area contributed by atoms with E-state index in [-0.39, 0.29) is 37.0 Å². The SMILES string of the molecule is CCN(CC)S(=O)(=O)N1CCN(C(=O)c2cc(S(=O)(=O)N(C)C)ccc2C)CC1. The second kappa shape index (κ2) is 9.09. The van der Waals surface area contributed by atoms with Gasteiger partial charge in [-0.05, 0) is 24.6 Å². The van der Waals surface area contributed by atoms with Crippen LogP contribution in [-0.2, 0) is 20.2 Å². The Labute approximate surface area is 174 Å². The first kappa shape index (κ1) is 23.7. The van der Waals surface area contributed by atoms with E-state index in [0.717, 1.165) is 4.31 Å². The number of benzene rings is 1. The minimum atomic E-state index is -3.65. The van der Waals surface area contributed by atoms with Crippen molar-refractivity contribution in [3.8, 4) is 0 Å². The molecule has 0 bridgehead atoms. The van der Waals surface area contributed by atoms with Crippen LogP contribution in [0.25, 0.3) is 0 Å². The summed E-state index contributed by atoms with van der Waals surface area (Å²) in [6, 6.07) is 4.49. The van der Waals surface area contributed by atoms with Gasteiger partial charge in [0.1, 0.15) is 0 Å². The molecule has 1 aliphatic heterocycles. The summed E-state index contributed by atoms with van der Waals surface area (Å²) in [5.41, 5.74) is 0.985. The van der Waals surface area contributed by atoms with Crippen LogP contribution in [0.15, 0.2) is 23.1 Å². The summed E-state index contributed by atoms with van der Waals surface area (Å²) in [6.45, 7) is 7.04. The molecule has 1 heterocycles. The maximum atomic E-state index is 13.0. The first-order valence-corrected chi connectivity index (χ1v) is 12.4. The summed E-state index contributed by atoms with van der Waals surface area (Å²) in [6.07, 6.45) is 0. The van der Waals surface area contributed by atoms with Gasteiger partial charge in [-0.15, -0.1) is 0 Å². The van der Waals surface area contributed by atoms with Gasteiger partial charge in [-0.2, -0.15) is 17.0 Å². The van der Waals surface area contributed by atoms with E-state index in [4.69, 9.17) is 0 Å². The van der Waals surface area contributed by atoms with Gasteiger partial charge < -0.3 is 4.90 Å². The van der Waals surface area contributed by atoms with Crippen molar-refractivity contribution in [2.75, 3.05) is 53.4 Å². The highest BCUT2D eigenvalue weighted by Crippen LogP contribution is 2.21. The molecule has 0 aliphatic carbocycles. The second-order valence-corrected chi connectivity index (χ2v) is 11.1. The first-order valence-electron chi connectivity index (χ1n) is 9.54. The van der Waals surface area contributed by atoms with Crippen LogP contribution < -0.4 is 0 Å². The fourth-order valence-corrected chi connectivity index (χ4v) is 5.74. The van der Waals surface area contributed by atoms with E-state index in [2.05, 4.69) is 0 Å². The number of rotatable bonds is 7. The van der Waals surface area contributed by atoms with Gasteiger partial charge in [-0.25, -0.2) is 12.7 Å². The van der Waals surface area contributed by atoms with E-state index in [0.29, 0.717) is 24.2 Å². The van der Waals surface area contributed by atoms with Gasteiger partial charge in [-0.1, -0.05) is 19.9 Å². The van der Waals surface area contributed by atoms with Crippen molar-refractivity contribution in [1.82, 2.24) is 17.8 Å². The molecular formula is C18H30N4O5S2.